The molecule has 0 radical (unpaired) electrons. The number of carbonyl (C=O) groups excluding carboxylic acids is 3. The molecule has 0 bridgehead atoms. The van der Waals surface area contributed by atoms with Gasteiger partial charge in [-0.2, -0.15) is 0 Å². The molecule has 0 unspecified atom stereocenters. The van der Waals surface area contributed by atoms with Crippen LogP contribution in [0, 0.1) is 0 Å². The number of nitrogens with one attached hydrogen (secondary N) is 2. The van der Waals surface area contributed by atoms with E-state index >= 15 is 0 Å². The van der Waals surface area contributed by atoms with Gasteiger partial charge in [-0.3, -0.25) is 20.2 Å². The van der Waals surface area contributed by atoms with Crippen LogP contribution in [0.4, 0.5) is 19.6 Å². The number of rotatable bonds is 14. The molecule has 354 valence electrons. The fourth-order valence-corrected chi connectivity index (χ4v) is 9.07. The van der Waals surface area contributed by atoms with E-state index in [0.717, 1.165) is 91.5 Å². The van der Waals surface area contributed by atoms with E-state index in [1.165, 1.54) is 7.11 Å². The smallest absolute Gasteiger partial charge is 0.870 e. The number of ether oxygens (including phenoxy) is 3. The Morgan fingerprint density at radius 2 is 0.859 bits per heavy atom. The van der Waals surface area contributed by atoms with Gasteiger partial charge in [0.2, 0.25) is 0 Å². The molecule has 4 N–H and O–H groups in total. The van der Waals surface area contributed by atoms with Crippen LogP contribution >= 0.6 is 23.1 Å². The average molecular weight is 981 g/mol. The second kappa shape index (κ2) is 22.9. The van der Waals surface area contributed by atoms with Gasteiger partial charge >= 0.3 is 43.0 Å². The number of carbonyl (C=O) groups is 4. The third kappa shape index (κ3) is 11.9. The van der Waals surface area contributed by atoms with Gasteiger partial charge < -0.3 is 24.8 Å². The topological polar surface area (TPSA) is 222 Å². The van der Waals surface area contributed by atoms with E-state index in [-0.39, 0.29) is 43.5 Å². The van der Waals surface area contributed by atoms with Crippen LogP contribution in [0.2, 0.25) is 0 Å². The van der Waals surface area contributed by atoms with Crippen LogP contribution in [0.3, 0.4) is 0 Å². The summed E-state index contributed by atoms with van der Waals surface area (Å²) in [6.45, 7) is 0.359. The van der Waals surface area contributed by atoms with Gasteiger partial charge in [-0.25, -0.2) is 9.59 Å². The van der Waals surface area contributed by atoms with Crippen LogP contribution in [0.15, 0.2) is 158 Å². The zero-order valence-corrected chi connectivity index (χ0v) is 40.2. The monoisotopic (exact) mass is 980 g/mol. The molecule has 2 heterocycles. The number of carboxylic acids is 1. The van der Waals surface area contributed by atoms with Crippen LogP contribution in [0.25, 0.3) is 44.8 Å². The SMILES string of the molecule is COC(=O)C1(c2ccc(-c3ccc(-c4nnsc4NC(=O)OCc4ccccc4)cc3)cc2)CC1.O=C(Nc1snnc1-c1ccc(-c2ccc(C3(C(=O)O)CC3)cc2)cc1)OCc1ccccc1.[Li+].[OH-]. The largest absolute Gasteiger partial charge is 1.00 e. The van der Waals surface area contributed by atoms with E-state index in [1.807, 2.05) is 158 Å². The third-order valence-corrected chi connectivity index (χ3v) is 13.5. The van der Waals surface area contributed by atoms with E-state index in [2.05, 4.69) is 29.8 Å². The molecule has 2 saturated carbocycles. The molecule has 2 aliphatic carbocycles. The zero-order valence-electron chi connectivity index (χ0n) is 38.6. The van der Waals surface area contributed by atoms with Gasteiger partial charge in [0.1, 0.15) is 34.6 Å². The summed E-state index contributed by atoms with van der Waals surface area (Å²) in [5, 5.41) is 24.3. The molecule has 2 aliphatic rings. The fraction of sp³-hybridized carbons (Fsp3) is 0.170. The van der Waals surface area contributed by atoms with Crippen molar-refractivity contribution in [1.82, 2.24) is 19.2 Å². The molecule has 10 rings (SSSR count). The van der Waals surface area contributed by atoms with E-state index in [4.69, 9.17) is 14.2 Å². The van der Waals surface area contributed by atoms with Crippen molar-refractivity contribution in [1.29, 1.82) is 0 Å². The van der Waals surface area contributed by atoms with E-state index in [1.54, 1.807) is 0 Å². The second-order valence-electron chi connectivity index (χ2n) is 16.5. The molecule has 71 heavy (non-hydrogen) atoms. The maximum Gasteiger partial charge on any atom is 1.00 e. The van der Waals surface area contributed by atoms with Crippen LogP contribution in [-0.2, 0) is 47.8 Å². The minimum Gasteiger partial charge on any atom is -0.870 e. The molecular formula is C53H45LiN6O9S2. The molecule has 0 spiro atoms. The van der Waals surface area contributed by atoms with Crippen molar-refractivity contribution in [3.05, 3.63) is 180 Å². The van der Waals surface area contributed by atoms with Crippen molar-refractivity contribution < 1.29 is 62.8 Å². The van der Waals surface area contributed by atoms with E-state index < -0.39 is 29.0 Å². The standard InChI is InChI=1S/C27H23N3O4S.C26H21N3O4S.Li.H2O/c1-33-25(31)27(15-16-27)22-13-11-20(12-14-22)19-7-9-21(10-8-19)23-24(35-30-29-23)28-26(32)34-17-18-5-3-2-4-6-18;30-24(31)26(14-15-26)21-12-10-19(11-13-21)18-6-8-20(9-7-18)22-23(34-29-28-22)27-25(32)33-16-17-4-2-1-3-5-17;;/h2-14H,15-17H2,1H3,(H,28,32);1-13H,14-16H2,(H,27,32)(H,30,31);;1H2/q;;+1;/p-1. The van der Waals surface area contributed by atoms with Crippen molar-refractivity contribution in [2.24, 2.45) is 0 Å². The molecule has 8 aromatic rings. The predicted octanol–water partition coefficient (Wildman–Crippen LogP) is 8.39. The fourth-order valence-electron chi connectivity index (χ4n) is 7.91. The summed E-state index contributed by atoms with van der Waals surface area (Å²) in [5.41, 5.74) is 9.35. The number of benzene rings is 6. The molecular weight excluding hydrogens is 936 g/mol. The number of carboxylic acid groups (broad SMARTS) is 1. The Morgan fingerprint density at radius 3 is 1.20 bits per heavy atom. The summed E-state index contributed by atoms with van der Waals surface area (Å²) < 4.78 is 23.5. The number of anilines is 2. The Morgan fingerprint density at radius 1 is 0.521 bits per heavy atom. The van der Waals surface area contributed by atoms with E-state index in [0.29, 0.717) is 34.2 Å². The Hall–Kier alpha value is -7.52. The number of esters is 1. The molecule has 15 nitrogen and oxygen atoms in total. The molecule has 0 aliphatic heterocycles. The van der Waals surface area contributed by atoms with Gasteiger partial charge in [-0.05, 0) is 70.2 Å². The average Bonchev–Trinajstić information content (AvgIpc) is 4.30. The van der Waals surface area contributed by atoms with Crippen LogP contribution < -0.4 is 29.5 Å². The third-order valence-electron chi connectivity index (χ3n) is 12.2. The van der Waals surface area contributed by atoms with Crippen molar-refractivity contribution >= 4 is 57.2 Å². The predicted molar refractivity (Wildman–Crippen MR) is 265 cm³/mol. The van der Waals surface area contributed by atoms with Gasteiger partial charge in [0.25, 0.3) is 0 Å². The van der Waals surface area contributed by atoms with Gasteiger partial charge in [-0.15, -0.1) is 10.2 Å². The molecule has 6 aromatic carbocycles. The number of nitrogens with zero attached hydrogens (tertiary/aromatic N) is 4. The zero-order chi connectivity index (χ0) is 47.8. The summed E-state index contributed by atoms with van der Waals surface area (Å²) in [6, 6.07) is 50.3. The number of hydrogen-bond donors (Lipinski definition) is 3. The van der Waals surface area contributed by atoms with Crippen LogP contribution in [-0.4, -0.2) is 61.0 Å². The van der Waals surface area contributed by atoms with Crippen LogP contribution in [0.1, 0.15) is 47.9 Å². The molecule has 0 atom stereocenters. The summed E-state index contributed by atoms with van der Waals surface area (Å²) in [5.74, 6) is -0.922. The van der Waals surface area contributed by atoms with Gasteiger partial charge in [0.15, 0.2) is 0 Å². The summed E-state index contributed by atoms with van der Waals surface area (Å²) in [7, 11) is 1.44. The number of hydrogen-bond acceptors (Lipinski definition) is 14. The summed E-state index contributed by atoms with van der Waals surface area (Å²) >= 11 is 2.18. The van der Waals surface area contributed by atoms with Crippen LogP contribution in [0.5, 0.6) is 0 Å². The maximum atomic E-state index is 12.3. The van der Waals surface area contributed by atoms with Crippen molar-refractivity contribution in [2.75, 3.05) is 17.7 Å². The number of amides is 2. The van der Waals surface area contributed by atoms with Gasteiger partial charge in [0, 0.05) is 34.2 Å². The van der Waals surface area contributed by atoms with Crippen molar-refractivity contribution in [3.8, 4) is 44.8 Å². The normalized spacial score (nSPS) is 13.3. The van der Waals surface area contributed by atoms with Gasteiger partial charge in [-0.1, -0.05) is 167 Å². The Kier molecular flexibility index (Phi) is 16.6. The minimum absolute atomic E-state index is 0. The summed E-state index contributed by atoms with van der Waals surface area (Å²) in [6.07, 6.45) is 1.90. The molecule has 2 fully saturated rings. The van der Waals surface area contributed by atoms with E-state index in [9.17, 15) is 24.3 Å². The number of methoxy groups -OCH3 is 1. The first-order valence-corrected chi connectivity index (χ1v) is 23.5. The van der Waals surface area contributed by atoms with Crippen molar-refractivity contribution in [2.45, 2.75) is 49.7 Å². The first-order valence-electron chi connectivity index (χ1n) is 22.0. The number of aromatic nitrogens is 4. The maximum absolute atomic E-state index is 12.3. The Labute approximate surface area is 429 Å². The second-order valence-corrected chi connectivity index (χ2v) is 18.1. The Balaban J connectivity index is 0.000000203. The summed E-state index contributed by atoms with van der Waals surface area (Å²) in [4.78, 5) is 48.2. The quantitative estimate of drug-likeness (QED) is 0.0530. The number of aliphatic carboxylic acids is 1. The van der Waals surface area contributed by atoms with Gasteiger partial charge in [0.05, 0.1) is 17.9 Å². The Bertz CT molecular complexity index is 3080. The molecule has 18 heteroatoms. The molecule has 2 aromatic heterocycles. The first kappa shape index (κ1) is 51.3. The molecule has 0 saturated heterocycles. The molecule has 2 amide bonds. The van der Waals surface area contributed by atoms with Crippen molar-refractivity contribution in [3.63, 3.8) is 0 Å². The first-order chi connectivity index (χ1) is 33.6. The minimum atomic E-state index is -0.755.